The van der Waals surface area contributed by atoms with Gasteiger partial charge in [-0.2, -0.15) is 0 Å². The molecule has 1 unspecified atom stereocenters. The first kappa shape index (κ1) is 9.46. The summed E-state index contributed by atoms with van der Waals surface area (Å²) < 4.78 is 18.0. The summed E-state index contributed by atoms with van der Waals surface area (Å²) in [5.74, 6) is 0.403. The highest BCUT2D eigenvalue weighted by atomic mass is 19.1. The highest BCUT2D eigenvalue weighted by molar-refractivity contribution is 5.31. The zero-order valence-electron chi connectivity index (χ0n) is 8.03. The third kappa shape index (κ3) is 1.87. The molecule has 1 aromatic rings. The molecule has 2 rings (SSSR count). The molecule has 2 nitrogen and oxygen atoms in total. The second-order valence-corrected chi connectivity index (χ2v) is 3.71. The Bertz CT molecular complexity index is 334. The second kappa shape index (κ2) is 3.58. The van der Waals surface area contributed by atoms with Gasteiger partial charge in [0.2, 0.25) is 0 Å². The molecular formula is C11H13FO2. The van der Waals surface area contributed by atoms with Gasteiger partial charge in [-0.05, 0) is 36.5 Å². The number of ether oxygens (including phenoxy) is 1. The standard InChI is InChI=1S/C11H13FO2/c1-14-10-5-8(4-9(12)6-10)11(13)7-2-3-7/h4-7,11,13H,2-3H2,1H3. The first-order valence-corrected chi connectivity index (χ1v) is 4.73. The van der Waals surface area contributed by atoms with Crippen LogP contribution in [0.25, 0.3) is 0 Å². The lowest BCUT2D eigenvalue weighted by Crippen LogP contribution is -2.00. The van der Waals surface area contributed by atoms with Crippen LogP contribution in [0.15, 0.2) is 18.2 Å². The lowest BCUT2D eigenvalue weighted by molar-refractivity contribution is 0.153. The molecule has 0 amide bonds. The Balaban J connectivity index is 2.27. The highest BCUT2D eigenvalue weighted by Gasteiger charge is 2.31. The Hall–Kier alpha value is -1.09. The smallest absolute Gasteiger partial charge is 0.127 e. The van der Waals surface area contributed by atoms with Crippen LogP contribution in [0.3, 0.4) is 0 Å². The van der Waals surface area contributed by atoms with Crippen molar-refractivity contribution in [2.75, 3.05) is 7.11 Å². The van der Waals surface area contributed by atoms with Crippen LogP contribution in [0.4, 0.5) is 4.39 Å². The Morgan fingerprint density at radius 1 is 1.43 bits per heavy atom. The van der Waals surface area contributed by atoms with Gasteiger partial charge in [-0.3, -0.25) is 0 Å². The number of methoxy groups -OCH3 is 1. The van der Waals surface area contributed by atoms with Gasteiger partial charge in [-0.1, -0.05) is 0 Å². The van der Waals surface area contributed by atoms with Crippen LogP contribution >= 0.6 is 0 Å². The third-order valence-corrected chi connectivity index (χ3v) is 2.54. The maximum absolute atomic E-state index is 13.1. The van der Waals surface area contributed by atoms with E-state index >= 15 is 0 Å². The molecule has 0 radical (unpaired) electrons. The topological polar surface area (TPSA) is 29.5 Å². The first-order valence-electron chi connectivity index (χ1n) is 4.73. The van der Waals surface area contributed by atoms with Crippen LogP contribution in [0.5, 0.6) is 5.75 Å². The fourth-order valence-electron chi connectivity index (χ4n) is 1.56. The highest BCUT2D eigenvalue weighted by Crippen LogP contribution is 2.41. The fraction of sp³-hybridized carbons (Fsp3) is 0.455. The average molecular weight is 196 g/mol. The zero-order valence-corrected chi connectivity index (χ0v) is 8.03. The summed E-state index contributed by atoms with van der Waals surface area (Å²) in [7, 11) is 1.49. The van der Waals surface area contributed by atoms with Crippen molar-refractivity contribution in [1.29, 1.82) is 0 Å². The number of benzene rings is 1. The van der Waals surface area contributed by atoms with Crippen LogP contribution < -0.4 is 4.74 Å². The number of hydrogen-bond acceptors (Lipinski definition) is 2. The molecule has 0 saturated heterocycles. The zero-order chi connectivity index (χ0) is 10.1. The van der Waals surface area contributed by atoms with Crippen molar-refractivity contribution in [3.8, 4) is 5.75 Å². The normalized spacial score (nSPS) is 17.9. The molecule has 0 bridgehead atoms. The van der Waals surface area contributed by atoms with Gasteiger partial charge in [0.1, 0.15) is 11.6 Å². The summed E-state index contributed by atoms with van der Waals surface area (Å²) in [6, 6.07) is 4.36. The maximum atomic E-state index is 13.1. The van der Waals surface area contributed by atoms with Gasteiger partial charge in [0.25, 0.3) is 0 Å². The van der Waals surface area contributed by atoms with Gasteiger partial charge < -0.3 is 9.84 Å². The van der Waals surface area contributed by atoms with Gasteiger partial charge >= 0.3 is 0 Å². The van der Waals surface area contributed by atoms with Crippen molar-refractivity contribution in [3.05, 3.63) is 29.6 Å². The lowest BCUT2D eigenvalue weighted by Gasteiger charge is -2.11. The number of rotatable bonds is 3. The van der Waals surface area contributed by atoms with Crippen molar-refractivity contribution in [2.24, 2.45) is 5.92 Å². The molecule has 14 heavy (non-hydrogen) atoms. The van der Waals surface area contributed by atoms with E-state index in [1.54, 1.807) is 6.07 Å². The summed E-state index contributed by atoms with van der Waals surface area (Å²) in [5.41, 5.74) is 0.615. The number of halogens is 1. The minimum atomic E-state index is -0.542. The summed E-state index contributed by atoms with van der Waals surface area (Å²) >= 11 is 0. The van der Waals surface area contributed by atoms with Crippen molar-refractivity contribution < 1.29 is 14.2 Å². The fourth-order valence-corrected chi connectivity index (χ4v) is 1.56. The molecule has 0 aromatic heterocycles. The van der Waals surface area contributed by atoms with Gasteiger partial charge in [0.15, 0.2) is 0 Å². The first-order chi connectivity index (χ1) is 6.70. The van der Waals surface area contributed by atoms with Crippen LogP contribution in [0.2, 0.25) is 0 Å². The van der Waals surface area contributed by atoms with E-state index in [4.69, 9.17) is 4.74 Å². The SMILES string of the molecule is COc1cc(F)cc(C(O)C2CC2)c1. The molecule has 0 aliphatic heterocycles. The van der Waals surface area contributed by atoms with E-state index < -0.39 is 6.10 Å². The van der Waals surface area contributed by atoms with E-state index in [1.165, 1.54) is 19.2 Å². The van der Waals surface area contributed by atoms with E-state index in [2.05, 4.69) is 0 Å². The maximum Gasteiger partial charge on any atom is 0.127 e. The molecule has 1 saturated carbocycles. The molecule has 1 aliphatic rings. The van der Waals surface area contributed by atoms with Crippen molar-refractivity contribution in [2.45, 2.75) is 18.9 Å². The Morgan fingerprint density at radius 2 is 2.14 bits per heavy atom. The van der Waals surface area contributed by atoms with Crippen molar-refractivity contribution in [1.82, 2.24) is 0 Å². The Morgan fingerprint density at radius 3 is 2.71 bits per heavy atom. The summed E-state index contributed by atoms with van der Waals surface area (Å²) in [4.78, 5) is 0. The van der Waals surface area contributed by atoms with E-state index in [9.17, 15) is 9.50 Å². The molecule has 0 spiro atoms. The van der Waals surface area contributed by atoms with Crippen molar-refractivity contribution >= 4 is 0 Å². The molecule has 1 aliphatic carbocycles. The summed E-state index contributed by atoms with van der Waals surface area (Å²) in [6.45, 7) is 0. The minimum Gasteiger partial charge on any atom is -0.497 e. The number of aliphatic hydroxyl groups excluding tert-OH is 1. The molecule has 0 heterocycles. The Labute approximate surface area is 82.3 Å². The second-order valence-electron chi connectivity index (χ2n) is 3.71. The van der Waals surface area contributed by atoms with Gasteiger partial charge in [-0.15, -0.1) is 0 Å². The monoisotopic (exact) mass is 196 g/mol. The molecule has 1 atom stereocenters. The lowest BCUT2D eigenvalue weighted by atomic mass is 10.1. The van der Waals surface area contributed by atoms with E-state index in [-0.39, 0.29) is 5.82 Å². The van der Waals surface area contributed by atoms with Crippen LogP contribution in [0, 0.1) is 11.7 Å². The molecule has 1 fully saturated rings. The predicted molar refractivity (Wildman–Crippen MR) is 50.6 cm³/mol. The van der Waals surface area contributed by atoms with Crippen LogP contribution in [-0.2, 0) is 0 Å². The molecule has 3 heteroatoms. The summed E-state index contributed by atoms with van der Waals surface area (Å²) in [5, 5.41) is 9.78. The molecular weight excluding hydrogens is 183 g/mol. The predicted octanol–water partition coefficient (Wildman–Crippen LogP) is 2.28. The number of aliphatic hydroxyl groups is 1. The van der Waals surface area contributed by atoms with Gasteiger partial charge in [0, 0.05) is 6.07 Å². The van der Waals surface area contributed by atoms with E-state index in [0.717, 1.165) is 12.8 Å². The number of hydrogen-bond donors (Lipinski definition) is 1. The van der Waals surface area contributed by atoms with Gasteiger partial charge in [0.05, 0.1) is 13.2 Å². The third-order valence-electron chi connectivity index (χ3n) is 2.54. The van der Waals surface area contributed by atoms with Crippen LogP contribution in [-0.4, -0.2) is 12.2 Å². The average Bonchev–Trinajstić information content (AvgIpc) is 2.99. The largest absolute Gasteiger partial charge is 0.497 e. The quantitative estimate of drug-likeness (QED) is 0.803. The minimum absolute atomic E-state index is 0.307. The summed E-state index contributed by atoms with van der Waals surface area (Å²) in [6.07, 6.45) is 1.51. The van der Waals surface area contributed by atoms with E-state index in [0.29, 0.717) is 17.2 Å². The Kier molecular flexibility index (Phi) is 2.42. The van der Waals surface area contributed by atoms with Crippen molar-refractivity contribution in [3.63, 3.8) is 0 Å². The van der Waals surface area contributed by atoms with E-state index in [1.807, 2.05) is 0 Å². The van der Waals surface area contributed by atoms with Gasteiger partial charge in [-0.25, -0.2) is 4.39 Å². The molecule has 76 valence electrons. The van der Waals surface area contributed by atoms with Crippen LogP contribution in [0.1, 0.15) is 24.5 Å². The molecule has 1 aromatic carbocycles. The molecule has 1 N–H and O–H groups in total.